The summed E-state index contributed by atoms with van der Waals surface area (Å²) in [6.45, 7) is 5.95. The molecule has 0 radical (unpaired) electrons. The highest BCUT2D eigenvalue weighted by Gasteiger charge is 2.49. The van der Waals surface area contributed by atoms with Gasteiger partial charge in [-0.25, -0.2) is 0 Å². The number of methoxy groups -OCH3 is 1. The van der Waals surface area contributed by atoms with Gasteiger partial charge in [-0.3, -0.25) is 4.79 Å². The smallest absolute Gasteiger partial charge is 0.217 e. The molecule has 1 saturated carbocycles. The Morgan fingerprint density at radius 2 is 2.19 bits per heavy atom. The quantitative estimate of drug-likeness (QED) is 0.863. The molecular weight excluding hydrogens is 330 g/mol. The fourth-order valence-electron chi connectivity index (χ4n) is 4.87. The maximum atomic E-state index is 11.9. The lowest BCUT2D eigenvalue weighted by Crippen LogP contribution is -2.60. The molecule has 1 amide bonds. The highest BCUT2D eigenvalue weighted by Crippen LogP contribution is 2.48. The summed E-state index contributed by atoms with van der Waals surface area (Å²) in [5.41, 5.74) is 1.51. The van der Waals surface area contributed by atoms with E-state index < -0.39 is 0 Å². The molecule has 0 aromatic heterocycles. The average Bonchev–Trinajstić information content (AvgIpc) is 2.59. The SMILES string of the molecule is COc1ccc([C@H]2C[C@@](C)(NC(C)=O)[C@@H]3CC[C@@H](C)C[C@H]3O2)cc1CO. The van der Waals surface area contributed by atoms with Crippen molar-refractivity contribution >= 4 is 5.91 Å². The summed E-state index contributed by atoms with van der Waals surface area (Å²) in [7, 11) is 1.60. The molecule has 2 aliphatic rings. The van der Waals surface area contributed by atoms with Crippen LogP contribution in [0.4, 0.5) is 0 Å². The van der Waals surface area contributed by atoms with Gasteiger partial charge in [0, 0.05) is 30.4 Å². The van der Waals surface area contributed by atoms with Crippen LogP contribution in [0.2, 0.25) is 0 Å². The van der Waals surface area contributed by atoms with Crippen molar-refractivity contribution in [2.75, 3.05) is 7.11 Å². The second-order valence-electron chi connectivity index (χ2n) is 8.22. The number of aliphatic hydroxyl groups excluding tert-OH is 1. The standard InChI is InChI=1S/C21H31NO4/c1-13-5-7-17-19(9-13)26-20(11-21(17,3)22-14(2)24)15-6-8-18(25-4)16(10-15)12-23/h6,8,10,13,17,19-20,23H,5,7,9,11-12H2,1-4H3,(H,22,24)/t13-,17-,19-,20-,21-/m1/s1. The summed E-state index contributed by atoms with van der Waals surface area (Å²) in [4.78, 5) is 11.9. The Kier molecular flexibility index (Phi) is 5.58. The van der Waals surface area contributed by atoms with Crippen LogP contribution in [0, 0.1) is 11.8 Å². The third-order valence-corrected chi connectivity index (χ3v) is 6.13. The van der Waals surface area contributed by atoms with Crippen molar-refractivity contribution < 1.29 is 19.4 Å². The second kappa shape index (κ2) is 7.57. The van der Waals surface area contributed by atoms with Gasteiger partial charge in [-0.1, -0.05) is 19.4 Å². The van der Waals surface area contributed by atoms with Crippen LogP contribution in [-0.2, 0) is 16.1 Å². The molecule has 1 heterocycles. The number of aliphatic hydroxyl groups is 1. The molecule has 1 aliphatic carbocycles. The molecular formula is C21H31NO4. The Morgan fingerprint density at radius 3 is 2.85 bits per heavy atom. The van der Waals surface area contributed by atoms with Crippen LogP contribution in [0.25, 0.3) is 0 Å². The summed E-state index contributed by atoms with van der Waals surface area (Å²) < 4.78 is 11.8. The number of rotatable bonds is 4. The monoisotopic (exact) mass is 361 g/mol. The van der Waals surface area contributed by atoms with Crippen molar-refractivity contribution in [1.29, 1.82) is 0 Å². The van der Waals surface area contributed by atoms with Gasteiger partial charge < -0.3 is 19.9 Å². The van der Waals surface area contributed by atoms with E-state index in [0.717, 1.165) is 30.4 Å². The average molecular weight is 361 g/mol. The van der Waals surface area contributed by atoms with Gasteiger partial charge in [0.15, 0.2) is 0 Å². The number of benzene rings is 1. The lowest BCUT2D eigenvalue weighted by Gasteiger charge is -2.52. The van der Waals surface area contributed by atoms with E-state index in [1.54, 1.807) is 14.0 Å². The van der Waals surface area contributed by atoms with Gasteiger partial charge in [-0.15, -0.1) is 0 Å². The zero-order valence-corrected chi connectivity index (χ0v) is 16.2. The predicted octanol–water partition coefficient (Wildman–Crippen LogP) is 3.35. The van der Waals surface area contributed by atoms with Crippen molar-refractivity contribution in [3.05, 3.63) is 29.3 Å². The maximum Gasteiger partial charge on any atom is 0.217 e. The van der Waals surface area contributed by atoms with E-state index in [1.807, 2.05) is 18.2 Å². The summed E-state index contributed by atoms with van der Waals surface area (Å²) in [6.07, 6.45) is 4.07. The molecule has 1 aromatic carbocycles. The normalized spacial score (nSPS) is 34.0. The second-order valence-corrected chi connectivity index (χ2v) is 8.22. The Balaban J connectivity index is 1.91. The number of hydrogen-bond acceptors (Lipinski definition) is 4. The first-order valence-corrected chi connectivity index (χ1v) is 9.58. The van der Waals surface area contributed by atoms with Crippen LogP contribution in [0.5, 0.6) is 5.75 Å². The van der Waals surface area contributed by atoms with Crippen LogP contribution in [0.3, 0.4) is 0 Å². The zero-order valence-electron chi connectivity index (χ0n) is 16.2. The Hall–Kier alpha value is -1.59. The van der Waals surface area contributed by atoms with Gasteiger partial charge in [-0.05, 0) is 43.4 Å². The molecule has 144 valence electrons. The summed E-state index contributed by atoms with van der Waals surface area (Å²) in [5, 5.41) is 12.9. The van der Waals surface area contributed by atoms with Crippen LogP contribution in [0.15, 0.2) is 18.2 Å². The Labute approximate surface area is 156 Å². The van der Waals surface area contributed by atoms with Crippen molar-refractivity contribution in [2.45, 2.75) is 70.8 Å². The van der Waals surface area contributed by atoms with Gasteiger partial charge >= 0.3 is 0 Å². The van der Waals surface area contributed by atoms with E-state index in [2.05, 4.69) is 19.2 Å². The Bertz CT molecular complexity index is 661. The van der Waals surface area contributed by atoms with Crippen molar-refractivity contribution in [3.8, 4) is 5.75 Å². The molecule has 0 bridgehead atoms. The number of carbonyl (C=O) groups excluding carboxylic acids is 1. The first-order chi connectivity index (χ1) is 12.4. The number of carbonyl (C=O) groups is 1. The maximum absolute atomic E-state index is 11.9. The fraction of sp³-hybridized carbons (Fsp3) is 0.667. The highest BCUT2D eigenvalue weighted by atomic mass is 16.5. The van der Waals surface area contributed by atoms with E-state index in [1.165, 1.54) is 6.42 Å². The number of hydrogen-bond donors (Lipinski definition) is 2. The summed E-state index contributed by atoms with van der Waals surface area (Å²) in [6, 6.07) is 5.85. The number of amides is 1. The first kappa shape index (κ1) is 19.2. The molecule has 2 fully saturated rings. The minimum Gasteiger partial charge on any atom is -0.496 e. The predicted molar refractivity (Wildman–Crippen MR) is 99.9 cm³/mol. The fourth-order valence-corrected chi connectivity index (χ4v) is 4.87. The minimum atomic E-state index is -0.279. The molecule has 1 aromatic rings. The van der Waals surface area contributed by atoms with E-state index in [4.69, 9.17) is 9.47 Å². The number of nitrogens with one attached hydrogen (secondary N) is 1. The van der Waals surface area contributed by atoms with Gasteiger partial charge in [0.1, 0.15) is 5.75 Å². The minimum absolute atomic E-state index is 0.0105. The Morgan fingerprint density at radius 1 is 1.42 bits per heavy atom. The molecule has 1 saturated heterocycles. The number of fused-ring (bicyclic) bond motifs is 1. The van der Waals surface area contributed by atoms with Crippen LogP contribution < -0.4 is 10.1 Å². The molecule has 5 heteroatoms. The summed E-state index contributed by atoms with van der Waals surface area (Å²) in [5.74, 6) is 1.67. The topological polar surface area (TPSA) is 67.8 Å². The van der Waals surface area contributed by atoms with E-state index >= 15 is 0 Å². The van der Waals surface area contributed by atoms with Crippen LogP contribution in [0.1, 0.15) is 63.7 Å². The molecule has 0 spiro atoms. The van der Waals surface area contributed by atoms with Gasteiger partial charge in [0.05, 0.1) is 25.9 Å². The lowest BCUT2D eigenvalue weighted by atomic mass is 9.66. The number of ether oxygens (including phenoxy) is 2. The van der Waals surface area contributed by atoms with Crippen LogP contribution in [-0.4, -0.2) is 29.8 Å². The zero-order chi connectivity index (χ0) is 18.9. The van der Waals surface area contributed by atoms with Crippen LogP contribution >= 0.6 is 0 Å². The molecule has 5 atom stereocenters. The third-order valence-electron chi connectivity index (χ3n) is 6.13. The molecule has 2 N–H and O–H groups in total. The molecule has 0 unspecified atom stereocenters. The molecule has 3 rings (SSSR count). The summed E-state index contributed by atoms with van der Waals surface area (Å²) >= 11 is 0. The van der Waals surface area contributed by atoms with Gasteiger partial charge in [0.25, 0.3) is 0 Å². The van der Waals surface area contributed by atoms with Gasteiger partial charge in [-0.2, -0.15) is 0 Å². The van der Waals surface area contributed by atoms with Crippen molar-refractivity contribution in [3.63, 3.8) is 0 Å². The molecule has 1 aliphatic heterocycles. The van der Waals surface area contributed by atoms with E-state index in [0.29, 0.717) is 17.6 Å². The highest BCUT2D eigenvalue weighted by molar-refractivity contribution is 5.73. The largest absolute Gasteiger partial charge is 0.496 e. The van der Waals surface area contributed by atoms with E-state index in [9.17, 15) is 9.90 Å². The van der Waals surface area contributed by atoms with E-state index in [-0.39, 0.29) is 30.3 Å². The van der Waals surface area contributed by atoms with Crippen molar-refractivity contribution in [1.82, 2.24) is 5.32 Å². The molecule has 26 heavy (non-hydrogen) atoms. The van der Waals surface area contributed by atoms with Crippen molar-refractivity contribution in [2.24, 2.45) is 11.8 Å². The lowest BCUT2D eigenvalue weighted by molar-refractivity contribution is -0.153. The first-order valence-electron chi connectivity index (χ1n) is 9.58. The molecule has 5 nitrogen and oxygen atoms in total. The van der Waals surface area contributed by atoms with Gasteiger partial charge in [0.2, 0.25) is 5.91 Å². The third kappa shape index (κ3) is 3.74.